The van der Waals surface area contributed by atoms with E-state index in [0.717, 1.165) is 0 Å². The summed E-state index contributed by atoms with van der Waals surface area (Å²) in [4.78, 5) is 31.9. The Hall–Kier alpha value is -3.30. The van der Waals surface area contributed by atoms with Crippen molar-refractivity contribution >= 4 is 51.5 Å². The molecule has 142 valence electrons. The van der Waals surface area contributed by atoms with Gasteiger partial charge in [0, 0.05) is 9.95 Å². The highest BCUT2D eigenvalue weighted by molar-refractivity contribution is 6.45. The molecule has 2 aromatic carbocycles. The minimum absolute atomic E-state index is 0.0785. The number of carbonyl (C=O) groups is 1. The average molecular weight is 419 g/mol. The molecule has 3 N–H and O–H groups in total. The van der Waals surface area contributed by atoms with Gasteiger partial charge in [-0.1, -0.05) is 35.3 Å². The number of rotatable bonds is 5. The number of hydrogen-bond donors (Lipinski definition) is 2. The number of carbonyl (C=O) groups excluding carboxylic acids is 1. The molecule has 1 amide bonds. The number of hydrazone groups is 1. The zero-order chi connectivity index (χ0) is 20.3. The Labute approximate surface area is 168 Å². The minimum Gasteiger partial charge on any atom is -0.323 e. The number of nitrogens with one attached hydrogen (secondary N) is 1. The number of fused-ring (bicyclic) bond motifs is 1. The predicted molar refractivity (Wildman–Crippen MR) is 106 cm³/mol. The lowest BCUT2D eigenvalue weighted by Crippen LogP contribution is -2.34. The van der Waals surface area contributed by atoms with Crippen LogP contribution in [0.15, 0.2) is 53.8 Å². The van der Waals surface area contributed by atoms with Gasteiger partial charge in [0.15, 0.2) is 0 Å². The third-order valence-corrected chi connectivity index (χ3v) is 4.32. The first kappa shape index (κ1) is 19.5. The number of nitro groups is 1. The summed E-state index contributed by atoms with van der Waals surface area (Å²) in [5.74, 6) is 4.40. The molecule has 1 heterocycles. The smallest absolute Gasteiger partial charge is 0.304 e. The van der Waals surface area contributed by atoms with Crippen LogP contribution >= 0.6 is 23.2 Å². The molecule has 0 saturated heterocycles. The van der Waals surface area contributed by atoms with E-state index in [0.29, 0.717) is 16.1 Å². The quantitative estimate of drug-likeness (QED) is 0.282. The standard InChI is InChI=1S/C17H12Cl2N6O3/c18-9-5-6-11(10(19)7-9)23-17(26)15(24-20)16(25(27)28)14-8-21-12-3-1-2-4-13(12)22-14/h1-8,16H,20H2,(H,23,26)/b24-15-. The van der Waals surface area contributed by atoms with Crippen LogP contribution in [0.2, 0.25) is 10.0 Å². The van der Waals surface area contributed by atoms with Crippen LogP contribution in [0.5, 0.6) is 0 Å². The summed E-state index contributed by atoms with van der Waals surface area (Å²) in [5, 5.41) is 18.0. The van der Waals surface area contributed by atoms with Crippen molar-refractivity contribution in [1.29, 1.82) is 0 Å². The highest BCUT2D eigenvalue weighted by Gasteiger charge is 2.37. The molecule has 0 radical (unpaired) electrons. The van der Waals surface area contributed by atoms with E-state index in [2.05, 4.69) is 20.4 Å². The summed E-state index contributed by atoms with van der Waals surface area (Å²) < 4.78 is 0. The highest BCUT2D eigenvalue weighted by atomic mass is 35.5. The van der Waals surface area contributed by atoms with Gasteiger partial charge in [-0.3, -0.25) is 19.9 Å². The van der Waals surface area contributed by atoms with Crippen molar-refractivity contribution < 1.29 is 9.72 Å². The summed E-state index contributed by atoms with van der Waals surface area (Å²) in [7, 11) is 0. The van der Waals surface area contributed by atoms with Crippen LogP contribution in [-0.2, 0) is 4.79 Å². The summed E-state index contributed by atoms with van der Waals surface area (Å²) in [6.45, 7) is 0. The number of benzene rings is 2. The van der Waals surface area contributed by atoms with E-state index >= 15 is 0 Å². The number of aromatic nitrogens is 2. The van der Waals surface area contributed by atoms with Gasteiger partial charge >= 0.3 is 6.04 Å². The van der Waals surface area contributed by atoms with Crippen molar-refractivity contribution in [2.45, 2.75) is 6.04 Å². The number of nitrogens with zero attached hydrogens (tertiary/aromatic N) is 4. The second-order valence-electron chi connectivity index (χ2n) is 5.56. The largest absolute Gasteiger partial charge is 0.323 e. The van der Waals surface area contributed by atoms with Crippen LogP contribution in [0.25, 0.3) is 11.0 Å². The van der Waals surface area contributed by atoms with Crippen LogP contribution in [0.1, 0.15) is 11.7 Å². The maximum atomic E-state index is 12.6. The number of anilines is 1. The molecule has 0 aliphatic rings. The number of nitrogens with two attached hydrogens (primary N) is 1. The molecule has 0 aliphatic heterocycles. The second kappa shape index (κ2) is 8.15. The second-order valence-corrected chi connectivity index (χ2v) is 6.41. The van der Waals surface area contributed by atoms with Crippen LogP contribution in [0.3, 0.4) is 0 Å². The fourth-order valence-electron chi connectivity index (χ4n) is 2.48. The van der Waals surface area contributed by atoms with E-state index in [4.69, 9.17) is 29.0 Å². The normalized spacial score (nSPS) is 12.6. The van der Waals surface area contributed by atoms with E-state index in [-0.39, 0.29) is 16.4 Å². The predicted octanol–water partition coefficient (Wildman–Crippen LogP) is 3.21. The molecular formula is C17H12Cl2N6O3. The van der Waals surface area contributed by atoms with Gasteiger partial charge in [-0.15, -0.1) is 0 Å². The van der Waals surface area contributed by atoms with Gasteiger partial charge in [-0.2, -0.15) is 5.10 Å². The Bertz CT molecular complexity index is 1110. The van der Waals surface area contributed by atoms with E-state index in [1.165, 1.54) is 24.4 Å². The van der Waals surface area contributed by atoms with Gasteiger partial charge in [0.2, 0.25) is 5.71 Å². The molecule has 9 nitrogen and oxygen atoms in total. The Morgan fingerprint density at radius 1 is 1.21 bits per heavy atom. The van der Waals surface area contributed by atoms with Crippen LogP contribution in [0.4, 0.5) is 5.69 Å². The SMILES string of the molecule is N/N=C(\C(=O)Nc1ccc(Cl)cc1Cl)C(c1cnc2ccccc2n1)[N+](=O)[O-]. The Morgan fingerprint density at radius 3 is 2.57 bits per heavy atom. The molecule has 11 heteroatoms. The van der Waals surface area contributed by atoms with Crippen molar-refractivity contribution in [1.82, 2.24) is 9.97 Å². The van der Waals surface area contributed by atoms with E-state index in [9.17, 15) is 14.9 Å². The Balaban J connectivity index is 1.96. The maximum Gasteiger partial charge on any atom is 0.304 e. The van der Waals surface area contributed by atoms with E-state index < -0.39 is 22.6 Å². The lowest BCUT2D eigenvalue weighted by atomic mass is 10.1. The molecule has 1 atom stereocenters. The number of halogens is 2. The third kappa shape index (κ3) is 4.00. The molecule has 1 unspecified atom stereocenters. The molecule has 0 saturated carbocycles. The fraction of sp³-hybridized carbons (Fsp3) is 0.0588. The molecule has 3 aromatic rings. The van der Waals surface area contributed by atoms with Gasteiger partial charge in [0.05, 0.1) is 27.9 Å². The van der Waals surface area contributed by atoms with Crippen molar-refractivity contribution in [2.24, 2.45) is 10.9 Å². The van der Waals surface area contributed by atoms with Gasteiger partial charge in [-0.05, 0) is 30.3 Å². The molecule has 3 rings (SSSR count). The summed E-state index contributed by atoms with van der Waals surface area (Å²) >= 11 is 11.8. The summed E-state index contributed by atoms with van der Waals surface area (Å²) in [6.07, 6.45) is 1.21. The molecule has 28 heavy (non-hydrogen) atoms. The lowest BCUT2D eigenvalue weighted by Gasteiger charge is -2.12. The lowest BCUT2D eigenvalue weighted by molar-refractivity contribution is -0.509. The number of hydrogen-bond acceptors (Lipinski definition) is 7. The third-order valence-electron chi connectivity index (χ3n) is 3.77. The van der Waals surface area contributed by atoms with Crippen LogP contribution in [0, 0.1) is 10.1 Å². The van der Waals surface area contributed by atoms with Crippen molar-refractivity contribution in [3.05, 3.63) is 74.5 Å². The van der Waals surface area contributed by atoms with E-state index in [1.807, 2.05) is 0 Å². The number of amides is 1. The van der Waals surface area contributed by atoms with Crippen LogP contribution < -0.4 is 11.2 Å². The molecule has 0 fully saturated rings. The molecule has 1 aromatic heterocycles. The molecule has 0 bridgehead atoms. The first-order chi connectivity index (χ1) is 13.4. The van der Waals surface area contributed by atoms with Gasteiger partial charge in [0.25, 0.3) is 5.91 Å². The van der Waals surface area contributed by atoms with Crippen LogP contribution in [-0.4, -0.2) is 26.5 Å². The topological polar surface area (TPSA) is 136 Å². The first-order valence-electron chi connectivity index (χ1n) is 7.80. The molecule has 0 spiro atoms. The minimum atomic E-state index is -1.71. The summed E-state index contributed by atoms with van der Waals surface area (Å²) in [5.41, 5.74) is 0.552. The molecule has 0 aliphatic carbocycles. The zero-order valence-corrected chi connectivity index (χ0v) is 15.6. The Morgan fingerprint density at radius 2 is 1.93 bits per heavy atom. The fourth-order valence-corrected chi connectivity index (χ4v) is 2.94. The highest BCUT2D eigenvalue weighted by Crippen LogP contribution is 2.26. The molecular weight excluding hydrogens is 407 g/mol. The van der Waals surface area contributed by atoms with E-state index in [1.54, 1.807) is 24.3 Å². The van der Waals surface area contributed by atoms with Crippen molar-refractivity contribution in [3.63, 3.8) is 0 Å². The Kier molecular flexibility index (Phi) is 5.67. The zero-order valence-electron chi connectivity index (χ0n) is 14.0. The van der Waals surface area contributed by atoms with Gasteiger partial charge < -0.3 is 11.2 Å². The monoisotopic (exact) mass is 418 g/mol. The van der Waals surface area contributed by atoms with Gasteiger partial charge in [0.1, 0.15) is 5.69 Å². The number of para-hydroxylation sites is 2. The van der Waals surface area contributed by atoms with Crippen molar-refractivity contribution in [3.8, 4) is 0 Å². The maximum absolute atomic E-state index is 12.6. The van der Waals surface area contributed by atoms with Gasteiger partial charge in [-0.25, -0.2) is 4.98 Å². The first-order valence-corrected chi connectivity index (χ1v) is 8.55. The van der Waals surface area contributed by atoms with Crippen molar-refractivity contribution in [2.75, 3.05) is 5.32 Å². The summed E-state index contributed by atoms with van der Waals surface area (Å²) in [6, 6.07) is 9.49. The average Bonchev–Trinajstić information content (AvgIpc) is 2.67.